The van der Waals surface area contributed by atoms with Crippen molar-refractivity contribution in [3.8, 4) is 11.4 Å². The summed E-state index contributed by atoms with van der Waals surface area (Å²) in [5.41, 5.74) is 1.93. The maximum Gasteiger partial charge on any atom is 0.238 e. The smallest absolute Gasteiger partial charge is 0.238 e. The van der Waals surface area contributed by atoms with Gasteiger partial charge in [-0.1, -0.05) is 60.6 Å². The Bertz CT molecular complexity index is 970. The van der Waals surface area contributed by atoms with Gasteiger partial charge in [0.05, 0.1) is 0 Å². The molecule has 1 unspecified atom stereocenters. The van der Waals surface area contributed by atoms with Crippen LogP contribution < -0.4 is 5.32 Å². The number of hydrogen-bond acceptors (Lipinski definition) is 4. The molecule has 1 saturated carbocycles. The summed E-state index contributed by atoms with van der Waals surface area (Å²) in [5.74, 6) is 0.822. The molecule has 1 atom stereocenters. The number of thioether (sulfide) groups is 1. The summed E-state index contributed by atoms with van der Waals surface area (Å²) < 4.78 is 2.09. The molecule has 2 aromatic carbocycles. The van der Waals surface area contributed by atoms with Gasteiger partial charge in [-0.25, -0.2) is 0 Å². The van der Waals surface area contributed by atoms with Gasteiger partial charge in [0, 0.05) is 23.2 Å². The summed E-state index contributed by atoms with van der Waals surface area (Å²) >= 11 is 7.49. The van der Waals surface area contributed by atoms with Gasteiger partial charge < -0.3 is 9.88 Å². The van der Waals surface area contributed by atoms with E-state index in [1.807, 2.05) is 54.6 Å². The Morgan fingerprint density at radius 2 is 1.90 bits per heavy atom. The SMILES string of the molecule is CCCn1c(SC(C(=O)NC2CC2)c2ccccc2)nnc1-c1ccc(Cl)cc1. The van der Waals surface area contributed by atoms with Crippen LogP contribution in [-0.4, -0.2) is 26.7 Å². The van der Waals surface area contributed by atoms with Crippen molar-refractivity contribution in [1.82, 2.24) is 20.1 Å². The zero-order chi connectivity index (χ0) is 20.2. The quantitative estimate of drug-likeness (QED) is 0.508. The third-order valence-electron chi connectivity index (χ3n) is 4.75. The van der Waals surface area contributed by atoms with E-state index < -0.39 is 0 Å². The molecule has 1 fully saturated rings. The Balaban J connectivity index is 1.66. The second-order valence-electron chi connectivity index (χ2n) is 7.16. The van der Waals surface area contributed by atoms with E-state index >= 15 is 0 Å². The first kappa shape index (κ1) is 20.0. The van der Waals surface area contributed by atoms with E-state index in [9.17, 15) is 4.79 Å². The highest BCUT2D eigenvalue weighted by molar-refractivity contribution is 8.00. The van der Waals surface area contributed by atoms with E-state index in [-0.39, 0.29) is 11.2 Å². The Morgan fingerprint density at radius 3 is 2.55 bits per heavy atom. The molecule has 29 heavy (non-hydrogen) atoms. The van der Waals surface area contributed by atoms with Crippen LogP contribution in [0.4, 0.5) is 0 Å². The van der Waals surface area contributed by atoms with Gasteiger partial charge in [-0.15, -0.1) is 10.2 Å². The Labute approximate surface area is 179 Å². The molecule has 0 radical (unpaired) electrons. The standard InChI is InChI=1S/C22H23ClN4OS/c1-2-14-27-20(16-8-10-17(23)11-9-16)25-26-22(27)29-19(15-6-4-3-5-7-15)21(28)24-18-12-13-18/h3-11,18-19H,2,12-14H2,1H3,(H,24,28). The Hall–Kier alpha value is -2.31. The van der Waals surface area contributed by atoms with Crippen molar-refractivity contribution in [2.75, 3.05) is 0 Å². The van der Waals surface area contributed by atoms with Crippen LogP contribution in [0.2, 0.25) is 5.02 Å². The number of carbonyl (C=O) groups is 1. The lowest BCUT2D eigenvalue weighted by atomic mass is 10.1. The second kappa shape index (κ2) is 9.01. The van der Waals surface area contributed by atoms with Crippen molar-refractivity contribution in [1.29, 1.82) is 0 Å². The van der Waals surface area contributed by atoms with Gasteiger partial charge in [0.2, 0.25) is 5.91 Å². The van der Waals surface area contributed by atoms with Crippen LogP contribution in [0, 0.1) is 0 Å². The molecule has 0 bridgehead atoms. The number of nitrogens with zero attached hydrogens (tertiary/aromatic N) is 3. The van der Waals surface area contributed by atoms with E-state index in [0.717, 1.165) is 47.9 Å². The topological polar surface area (TPSA) is 59.8 Å². The summed E-state index contributed by atoms with van der Waals surface area (Å²) in [4.78, 5) is 13.0. The van der Waals surface area contributed by atoms with Crippen molar-refractivity contribution < 1.29 is 4.79 Å². The number of rotatable bonds is 8. The fourth-order valence-electron chi connectivity index (χ4n) is 3.12. The number of halogens is 1. The van der Waals surface area contributed by atoms with Gasteiger partial charge in [-0.05, 0) is 49.1 Å². The molecule has 4 rings (SSSR count). The van der Waals surface area contributed by atoms with Gasteiger partial charge in [0.25, 0.3) is 0 Å². The van der Waals surface area contributed by atoms with E-state index in [2.05, 4.69) is 27.0 Å². The molecule has 7 heteroatoms. The van der Waals surface area contributed by atoms with Crippen LogP contribution in [-0.2, 0) is 11.3 Å². The summed E-state index contributed by atoms with van der Waals surface area (Å²) in [7, 11) is 0. The van der Waals surface area contributed by atoms with Crippen molar-refractivity contribution in [2.45, 2.75) is 49.2 Å². The van der Waals surface area contributed by atoms with Crippen LogP contribution in [0.3, 0.4) is 0 Å². The van der Waals surface area contributed by atoms with Crippen molar-refractivity contribution >= 4 is 29.3 Å². The average molecular weight is 427 g/mol. The molecule has 5 nitrogen and oxygen atoms in total. The zero-order valence-electron chi connectivity index (χ0n) is 16.2. The molecule has 1 aliphatic carbocycles. The number of hydrogen-bond donors (Lipinski definition) is 1. The number of benzene rings is 2. The van der Waals surface area contributed by atoms with Gasteiger partial charge in [0.15, 0.2) is 11.0 Å². The highest BCUT2D eigenvalue weighted by Crippen LogP contribution is 2.37. The van der Waals surface area contributed by atoms with Crippen molar-refractivity contribution in [3.63, 3.8) is 0 Å². The molecule has 1 aliphatic rings. The number of carbonyl (C=O) groups excluding carboxylic acids is 1. The molecular formula is C22H23ClN4OS. The van der Waals surface area contributed by atoms with Gasteiger partial charge in [-0.3, -0.25) is 4.79 Å². The van der Waals surface area contributed by atoms with Crippen LogP contribution >= 0.6 is 23.4 Å². The van der Waals surface area contributed by atoms with E-state index in [4.69, 9.17) is 11.6 Å². The molecule has 0 aliphatic heterocycles. The molecule has 1 amide bonds. The van der Waals surface area contributed by atoms with Crippen LogP contribution in [0.25, 0.3) is 11.4 Å². The second-order valence-corrected chi connectivity index (χ2v) is 8.66. The summed E-state index contributed by atoms with van der Waals surface area (Å²) in [6.07, 6.45) is 3.06. The third-order valence-corrected chi connectivity index (χ3v) is 6.24. The molecule has 1 heterocycles. The Morgan fingerprint density at radius 1 is 1.17 bits per heavy atom. The molecular weight excluding hydrogens is 404 g/mol. The molecule has 150 valence electrons. The van der Waals surface area contributed by atoms with Crippen molar-refractivity contribution in [3.05, 3.63) is 65.2 Å². The highest BCUT2D eigenvalue weighted by Gasteiger charge is 2.30. The number of amides is 1. The minimum absolute atomic E-state index is 0.0304. The van der Waals surface area contributed by atoms with Gasteiger partial charge in [-0.2, -0.15) is 0 Å². The maximum absolute atomic E-state index is 13.0. The fourth-order valence-corrected chi connectivity index (χ4v) is 4.32. The van der Waals surface area contributed by atoms with Crippen LogP contribution in [0.5, 0.6) is 0 Å². The fraction of sp³-hybridized carbons (Fsp3) is 0.318. The third kappa shape index (κ3) is 4.82. The van der Waals surface area contributed by atoms with Crippen LogP contribution in [0.15, 0.2) is 59.8 Å². The lowest BCUT2D eigenvalue weighted by Gasteiger charge is -2.17. The average Bonchev–Trinajstić information content (AvgIpc) is 3.47. The highest BCUT2D eigenvalue weighted by atomic mass is 35.5. The van der Waals surface area contributed by atoms with Crippen molar-refractivity contribution in [2.24, 2.45) is 0 Å². The first-order valence-electron chi connectivity index (χ1n) is 9.87. The predicted octanol–water partition coefficient (Wildman–Crippen LogP) is 5.12. The summed E-state index contributed by atoms with van der Waals surface area (Å²) in [6.45, 7) is 2.90. The molecule has 1 aromatic heterocycles. The summed E-state index contributed by atoms with van der Waals surface area (Å²) in [5, 5.41) is 13.1. The molecule has 3 aromatic rings. The first-order valence-corrected chi connectivity index (χ1v) is 11.1. The Kier molecular flexibility index (Phi) is 6.21. The number of nitrogens with one attached hydrogen (secondary N) is 1. The van der Waals surface area contributed by atoms with Crippen LogP contribution in [0.1, 0.15) is 37.0 Å². The lowest BCUT2D eigenvalue weighted by Crippen LogP contribution is -2.30. The number of aromatic nitrogens is 3. The minimum Gasteiger partial charge on any atom is -0.352 e. The lowest BCUT2D eigenvalue weighted by molar-refractivity contribution is -0.120. The summed E-state index contributed by atoms with van der Waals surface area (Å²) in [6, 6.07) is 17.8. The van der Waals surface area contributed by atoms with E-state index in [0.29, 0.717) is 11.1 Å². The normalized spacial score (nSPS) is 14.6. The molecule has 0 saturated heterocycles. The maximum atomic E-state index is 13.0. The minimum atomic E-state index is -0.366. The zero-order valence-corrected chi connectivity index (χ0v) is 17.8. The monoisotopic (exact) mass is 426 g/mol. The van der Waals surface area contributed by atoms with E-state index in [1.54, 1.807) is 0 Å². The molecule has 1 N–H and O–H groups in total. The van der Waals surface area contributed by atoms with E-state index in [1.165, 1.54) is 11.8 Å². The first-order chi connectivity index (χ1) is 14.2. The molecule has 0 spiro atoms. The van der Waals surface area contributed by atoms with Gasteiger partial charge in [0.1, 0.15) is 5.25 Å². The van der Waals surface area contributed by atoms with Gasteiger partial charge >= 0.3 is 0 Å². The largest absolute Gasteiger partial charge is 0.352 e. The predicted molar refractivity (Wildman–Crippen MR) is 117 cm³/mol.